The Morgan fingerprint density at radius 1 is 1.50 bits per heavy atom. The maximum Gasteiger partial charge on any atom is 0.147 e. The Balaban J connectivity index is 1.41. The number of rotatable bonds is 6. The molecule has 0 aromatic carbocycles. The van der Waals surface area contributed by atoms with Gasteiger partial charge in [-0.25, -0.2) is 0 Å². The van der Waals surface area contributed by atoms with Crippen LogP contribution in [-0.4, -0.2) is 50.1 Å². The quantitative estimate of drug-likeness (QED) is 0.367. The van der Waals surface area contributed by atoms with E-state index in [4.69, 9.17) is 13.9 Å². The van der Waals surface area contributed by atoms with Gasteiger partial charge < -0.3 is 13.9 Å². The van der Waals surface area contributed by atoms with Crippen molar-refractivity contribution in [3.8, 4) is 0 Å². The summed E-state index contributed by atoms with van der Waals surface area (Å²) in [5, 5.41) is 0. The number of ether oxygens (including phenoxy) is 2. The summed E-state index contributed by atoms with van der Waals surface area (Å²) in [4.78, 5) is 0. The van der Waals surface area contributed by atoms with Gasteiger partial charge in [0.15, 0.2) is 0 Å². The second-order valence-corrected chi connectivity index (χ2v) is 12.3. The zero-order chi connectivity index (χ0) is 9.64. The first-order chi connectivity index (χ1) is 6.95. The van der Waals surface area contributed by atoms with Crippen molar-refractivity contribution >= 4 is 17.6 Å². The molecule has 0 aliphatic carbocycles. The number of hydrogen-bond donors (Lipinski definition) is 0. The van der Waals surface area contributed by atoms with Crippen LogP contribution in [0.3, 0.4) is 0 Å². The van der Waals surface area contributed by atoms with Crippen LogP contribution in [0.2, 0.25) is 12.1 Å². The van der Waals surface area contributed by atoms with Crippen molar-refractivity contribution in [2.75, 3.05) is 26.4 Å². The van der Waals surface area contributed by atoms with E-state index in [1.165, 1.54) is 24.9 Å². The lowest BCUT2D eigenvalue weighted by atomic mass is 10.5. The van der Waals surface area contributed by atoms with Gasteiger partial charge in [0.25, 0.3) is 0 Å². The molecule has 0 radical (unpaired) electrons. The summed E-state index contributed by atoms with van der Waals surface area (Å²) in [6.07, 6.45) is 3.03. The fraction of sp³-hybridized carbons (Fsp3) is 1.00. The van der Waals surface area contributed by atoms with Gasteiger partial charge in [-0.1, -0.05) is 12.1 Å². The van der Waals surface area contributed by atoms with Crippen molar-refractivity contribution in [1.82, 2.24) is 0 Å². The highest BCUT2D eigenvalue weighted by molar-refractivity contribution is 7.10. The van der Waals surface area contributed by atoms with Gasteiger partial charge in [0.05, 0.1) is 21.5 Å². The first-order valence-electron chi connectivity index (χ1n) is 5.72. The Hall–Kier alpha value is 0.314. The number of epoxide rings is 1. The van der Waals surface area contributed by atoms with E-state index in [0.29, 0.717) is 6.10 Å². The summed E-state index contributed by atoms with van der Waals surface area (Å²) in [6.45, 7) is 3.74. The second-order valence-electron chi connectivity index (χ2n) is 4.26. The van der Waals surface area contributed by atoms with E-state index in [0.717, 1.165) is 26.4 Å². The third-order valence-electron chi connectivity index (χ3n) is 2.86. The minimum atomic E-state index is -0.372. The Bertz CT molecular complexity index is 158. The highest BCUT2D eigenvalue weighted by atomic mass is 29.2. The van der Waals surface area contributed by atoms with E-state index in [1.807, 2.05) is 0 Å². The van der Waals surface area contributed by atoms with Crippen molar-refractivity contribution in [1.29, 1.82) is 0 Å². The molecule has 5 heteroatoms. The molecule has 2 aliphatic rings. The van der Waals surface area contributed by atoms with Gasteiger partial charge in [-0.3, -0.25) is 0 Å². The van der Waals surface area contributed by atoms with Crippen molar-refractivity contribution in [2.24, 2.45) is 0 Å². The average molecular weight is 232 g/mol. The standard InChI is InChI=1S/C9H20O3Si2/c1(3-10-7-9-8-11-9)5-14-6-2-4-12-13-14/h9,14H,1-8,13H2. The first-order valence-corrected chi connectivity index (χ1v) is 11.2. The van der Waals surface area contributed by atoms with Crippen LogP contribution in [0.15, 0.2) is 0 Å². The van der Waals surface area contributed by atoms with Gasteiger partial charge in [0, 0.05) is 13.2 Å². The van der Waals surface area contributed by atoms with Crippen molar-refractivity contribution in [3.63, 3.8) is 0 Å². The van der Waals surface area contributed by atoms with Crippen LogP contribution in [0.4, 0.5) is 0 Å². The van der Waals surface area contributed by atoms with Gasteiger partial charge in [-0.2, -0.15) is 0 Å². The summed E-state index contributed by atoms with van der Waals surface area (Å²) in [5.74, 6) is 0. The third kappa shape index (κ3) is 4.23. The Morgan fingerprint density at radius 3 is 3.14 bits per heavy atom. The maximum absolute atomic E-state index is 5.63. The summed E-state index contributed by atoms with van der Waals surface area (Å²) in [5.41, 5.74) is 0. The zero-order valence-corrected chi connectivity index (χ0v) is 11.3. The molecule has 2 fully saturated rings. The van der Waals surface area contributed by atoms with Crippen LogP contribution in [0.5, 0.6) is 0 Å². The van der Waals surface area contributed by atoms with Gasteiger partial charge in [-0.15, -0.1) is 0 Å². The topological polar surface area (TPSA) is 31.0 Å². The summed E-state index contributed by atoms with van der Waals surface area (Å²) >= 11 is 0. The lowest BCUT2D eigenvalue weighted by Gasteiger charge is -2.19. The van der Waals surface area contributed by atoms with Crippen molar-refractivity contribution in [3.05, 3.63) is 0 Å². The molecule has 2 saturated heterocycles. The van der Waals surface area contributed by atoms with E-state index in [9.17, 15) is 0 Å². The molecule has 0 aromatic rings. The SMILES string of the molecule is C(COCC1CO1)C[SiH]1CCCO[SiH2]1. The van der Waals surface area contributed by atoms with Crippen LogP contribution in [-0.2, 0) is 13.9 Å². The molecule has 3 nitrogen and oxygen atoms in total. The zero-order valence-electron chi connectivity index (χ0n) is 8.74. The molecule has 2 unspecified atom stereocenters. The van der Waals surface area contributed by atoms with Crippen LogP contribution >= 0.6 is 0 Å². The smallest absolute Gasteiger partial charge is 0.147 e. The lowest BCUT2D eigenvalue weighted by Crippen LogP contribution is -2.30. The normalized spacial score (nSPS) is 33.4. The fourth-order valence-electron chi connectivity index (χ4n) is 1.89. The van der Waals surface area contributed by atoms with Crippen LogP contribution in [0.25, 0.3) is 0 Å². The maximum atomic E-state index is 5.63. The molecular weight excluding hydrogens is 212 g/mol. The molecule has 14 heavy (non-hydrogen) atoms. The monoisotopic (exact) mass is 232 g/mol. The molecule has 0 spiro atoms. The Kier molecular flexibility index (Phi) is 4.65. The van der Waals surface area contributed by atoms with E-state index < -0.39 is 0 Å². The first kappa shape index (κ1) is 10.8. The van der Waals surface area contributed by atoms with Crippen molar-refractivity contribution < 1.29 is 13.9 Å². The highest BCUT2D eigenvalue weighted by Crippen LogP contribution is 2.12. The summed E-state index contributed by atoms with van der Waals surface area (Å²) in [7, 11) is -0.429. The lowest BCUT2D eigenvalue weighted by molar-refractivity contribution is 0.117. The van der Waals surface area contributed by atoms with Gasteiger partial charge in [0.1, 0.15) is 15.4 Å². The van der Waals surface area contributed by atoms with Gasteiger partial charge in [-0.05, 0) is 12.8 Å². The number of hydrogen-bond acceptors (Lipinski definition) is 3. The summed E-state index contributed by atoms with van der Waals surface area (Å²) in [6, 6.07) is 3.00. The van der Waals surface area contributed by atoms with E-state index in [1.54, 1.807) is 0 Å². The molecule has 0 saturated carbocycles. The van der Waals surface area contributed by atoms with E-state index in [2.05, 4.69) is 0 Å². The second kappa shape index (κ2) is 6.02. The molecule has 0 N–H and O–H groups in total. The largest absolute Gasteiger partial charge is 0.428 e. The molecule has 2 atom stereocenters. The Morgan fingerprint density at radius 2 is 2.43 bits per heavy atom. The molecule has 2 aliphatic heterocycles. The molecule has 0 amide bonds. The molecule has 2 rings (SSSR count). The van der Waals surface area contributed by atoms with Crippen LogP contribution in [0.1, 0.15) is 12.8 Å². The molecule has 82 valence electrons. The molecule has 0 aromatic heterocycles. The summed E-state index contributed by atoms with van der Waals surface area (Å²) < 4.78 is 16.2. The van der Waals surface area contributed by atoms with Crippen LogP contribution < -0.4 is 0 Å². The average Bonchev–Trinajstić information content (AvgIpc) is 3.03. The predicted molar refractivity (Wildman–Crippen MR) is 61.1 cm³/mol. The Labute approximate surface area is 89.5 Å². The van der Waals surface area contributed by atoms with Crippen molar-refractivity contribution in [2.45, 2.75) is 31.0 Å². The predicted octanol–water partition coefficient (Wildman–Crippen LogP) is 0.0198. The minimum Gasteiger partial charge on any atom is -0.428 e. The van der Waals surface area contributed by atoms with E-state index in [-0.39, 0.29) is 17.6 Å². The third-order valence-corrected chi connectivity index (χ3v) is 10.9. The van der Waals surface area contributed by atoms with E-state index >= 15 is 0 Å². The fourth-order valence-corrected chi connectivity index (χ4v) is 8.93. The molecule has 2 heterocycles. The van der Waals surface area contributed by atoms with Gasteiger partial charge in [0.2, 0.25) is 0 Å². The highest BCUT2D eigenvalue weighted by Gasteiger charge is 2.22. The van der Waals surface area contributed by atoms with Gasteiger partial charge >= 0.3 is 0 Å². The molecular formula is C9H20O3Si2. The van der Waals surface area contributed by atoms with Crippen LogP contribution in [0, 0.1) is 0 Å². The molecule has 0 bridgehead atoms. The minimum absolute atomic E-state index is 0.0564.